The first-order valence-corrected chi connectivity index (χ1v) is 8.86. The summed E-state index contributed by atoms with van der Waals surface area (Å²) in [7, 11) is 0. The number of hydrogen-bond acceptors (Lipinski definition) is 5. The molecule has 0 fully saturated rings. The molecule has 0 aliphatic heterocycles. The van der Waals surface area contributed by atoms with Crippen LogP contribution in [0.2, 0.25) is 0 Å². The van der Waals surface area contributed by atoms with Crippen molar-refractivity contribution in [3.05, 3.63) is 59.6 Å². The highest BCUT2D eigenvalue weighted by molar-refractivity contribution is 7.20. The second-order valence-corrected chi connectivity index (χ2v) is 7.10. The first-order valence-electron chi connectivity index (χ1n) is 8.04. The Morgan fingerprint density at radius 1 is 1.15 bits per heavy atom. The van der Waals surface area contributed by atoms with E-state index >= 15 is 0 Å². The number of nitrogens with zero attached hydrogens (tertiary/aromatic N) is 1. The number of fused-ring (bicyclic) bond motifs is 1. The van der Waals surface area contributed by atoms with Crippen molar-refractivity contribution in [2.45, 2.75) is 13.8 Å². The standard InChI is InChI=1S/C19H17FN4O2S/c1-10(2)7-15(25)23-18-16(17(21)26)24-19(27-18)22-14-6-4-11-3-5-13(20)8-12(11)9-14/h3-9H,1-2H3,(H2,21,26)(H,22,24)(H,23,25). The van der Waals surface area contributed by atoms with Gasteiger partial charge in [0, 0.05) is 11.8 Å². The van der Waals surface area contributed by atoms with Gasteiger partial charge < -0.3 is 16.4 Å². The zero-order valence-corrected chi connectivity index (χ0v) is 15.5. The van der Waals surface area contributed by atoms with Crippen molar-refractivity contribution in [1.29, 1.82) is 0 Å². The average Bonchev–Trinajstić information content (AvgIpc) is 2.96. The molecule has 0 unspecified atom stereocenters. The number of amides is 2. The summed E-state index contributed by atoms with van der Waals surface area (Å²) >= 11 is 1.09. The minimum Gasteiger partial charge on any atom is -0.364 e. The van der Waals surface area contributed by atoms with Crippen LogP contribution >= 0.6 is 11.3 Å². The fourth-order valence-electron chi connectivity index (χ4n) is 2.45. The highest BCUT2D eigenvalue weighted by Gasteiger charge is 2.17. The number of allylic oxidation sites excluding steroid dienone is 1. The molecule has 4 N–H and O–H groups in total. The van der Waals surface area contributed by atoms with Crippen LogP contribution < -0.4 is 16.4 Å². The number of carbonyl (C=O) groups is 2. The van der Waals surface area contributed by atoms with Gasteiger partial charge in [-0.2, -0.15) is 0 Å². The molecular formula is C19H17FN4O2S. The molecule has 1 aromatic heterocycles. The highest BCUT2D eigenvalue weighted by atomic mass is 32.1. The van der Waals surface area contributed by atoms with Crippen molar-refractivity contribution in [1.82, 2.24) is 4.98 Å². The van der Waals surface area contributed by atoms with Gasteiger partial charge in [-0.3, -0.25) is 9.59 Å². The average molecular weight is 384 g/mol. The van der Waals surface area contributed by atoms with Crippen molar-refractivity contribution < 1.29 is 14.0 Å². The first-order chi connectivity index (χ1) is 12.8. The van der Waals surface area contributed by atoms with Crippen molar-refractivity contribution >= 4 is 49.7 Å². The van der Waals surface area contributed by atoms with Crippen LogP contribution in [0, 0.1) is 5.82 Å². The van der Waals surface area contributed by atoms with Crippen LogP contribution in [0.25, 0.3) is 10.8 Å². The number of primary amides is 1. The minimum atomic E-state index is -0.743. The number of benzene rings is 2. The quantitative estimate of drug-likeness (QED) is 0.575. The molecule has 0 saturated heterocycles. The Bertz CT molecular complexity index is 1070. The predicted octanol–water partition coefficient (Wildman–Crippen LogP) is 4.18. The fraction of sp³-hybridized carbons (Fsp3) is 0.105. The van der Waals surface area contributed by atoms with Crippen LogP contribution in [-0.4, -0.2) is 16.8 Å². The van der Waals surface area contributed by atoms with Gasteiger partial charge in [0.2, 0.25) is 5.91 Å². The van der Waals surface area contributed by atoms with E-state index in [1.165, 1.54) is 18.2 Å². The molecule has 138 valence electrons. The van der Waals surface area contributed by atoms with E-state index in [0.717, 1.165) is 27.7 Å². The monoisotopic (exact) mass is 384 g/mol. The topological polar surface area (TPSA) is 97.1 Å². The summed E-state index contributed by atoms with van der Waals surface area (Å²) in [4.78, 5) is 27.7. The summed E-state index contributed by atoms with van der Waals surface area (Å²) < 4.78 is 13.4. The number of nitrogens with one attached hydrogen (secondary N) is 2. The summed E-state index contributed by atoms with van der Waals surface area (Å²) in [5.41, 5.74) is 6.82. The third-order valence-electron chi connectivity index (χ3n) is 3.57. The van der Waals surface area contributed by atoms with Crippen LogP contribution in [0.15, 0.2) is 48.0 Å². The van der Waals surface area contributed by atoms with E-state index < -0.39 is 5.91 Å². The molecule has 0 aliphatic rings. The normalized spacial score (nSPS) is 10.5. The van der Waals surface area contributed by atoms with E-state index in [0.29, 0.717) is 10.8 Å². The van der Waals surface area contributed by atoms with Gasteiger partial charge in [-0.05, 0) is 48.9 Å². The second-order valence-electron chi connectivity index (χ2n) is 6.10. The van der Waals surface area contributed by atoms with Crippen molar-refractivity contribution in [2.75, 3.05) is 10.6 Å². The molecule has 0 atom stereocenters. The largest absolute Gasteiger partial charge is 0.364 e. The van der Waals surface area contributed by atoms with Crippen LogP contribution in [0.1, 0.15) is 24.3 Å². The lowest BCUT2D eigenvalue weighted by molar-refractivity contribution is -0.111. The number of aromatic nitrogens is 1. The number of nitrogens with two attached hydrogens (primary N) is 1. The lowest BCUT2D eigenvalue weighted by Crippen LogP contribution is -2.16. The predicted molar refractivity (Wildman–Crippen MR) is 106 cm³/mol. The molecule has 0 aliphatic carbocycles. The van der Waals surface area contributed by atoms with Gasteiger partial charge in [-0.25, -0.2) is 9.37 Å². The summed E-state index contributed by atoms with van der Waals surface area (Å²) in [6.07, 6.45) is 1.41. The SMILES string of the molecule is CC(C)=CC(=O)Nc1sc(Nc2ccc3ccc(F)cc3c2)nc1C(N)=O. The second kappa shape index (κ2) is 7.55. The molecule has 0 radical (unpaired) electrons. The van der Waals surface area contributed by atoms with Crippen molar-refractivity contribution in [3.8, 4) is 0 Å². The van der Waals surface area contributed by atoms with E-state index in [2.05, 4.69) is 15.6 Å². The Hall–Kier alpha value is -3.26. The Labute approximate surface area is 158 Å². The van der Waals surface area contributed by atoms with Gasteiger partial charge >= 0.3 is 0 Å². The third-order valence-corrected chi connectivity index (χ3v) is 4.46. The number of carbonyl (C=O) groups excluding carboxylic acids is 2. The van der Waals surface area contributed by atoms with Gasteiger partial charge in [-0.15, -0.1) is 0 Å². The zero-order valence-electron chi connectivity index (χ0n) is 14.7. The molecule has 0 spiro atoms. The van der Waals surface area contributed by atoms with E-state index in [1.54, 1.807) is 26.0 Å². The molecule has 2 aromatic carbocycles. The lowest BCUT2D eigenvalue weighted by atomic mass is 10.1. The Morgan fingerprint density at radius 3 is 2.59 bits per heavy atom. The van der Waals surface area contributed by atoms with Gasteiger partial charge in [0.15, 0.2) is 10.8 Å². The van der Waals surface area contributed by atoms with Gasteiger partial charge in [0.25, 0.3) is 5.91 Å². The number of hydrogen-bond donors (Lipinski definition) is 3. The summed E-state index contributed by atoms with van der Waals surface area (Å²) in [5, 5.41) is 7.94. The van der Waals surface area contributed by atoms with Gasteiger partial charge in [0.1, 0.15) is 10.8 Å². The first kappa shape index (κ1) is 18.5. The molecule has 2 amide bonds. The molecule has 0 saturated carbocycles. The summed E-state index contributed by atoms with van der Waals surface area (Å²) in [6, 6.07) is 9.95. The van der Waals surface area contributed by atoms with Crippen LogP contribution in [0.5, 0.6) is 0 Å². The smallest absolute Gasteiger partial charge is 0.270 e. The van der Waals surface area contributed by atoms with Gasteiger partial charge in [0.05, 0.1) is 0 Å². The van der Waals surface area contributed by atoms with E-state index in [-0.39, 0.29) is 22.4 Å². The molecule has 8 heteroatoms. The molecule has 3 aromatic rings. The number of thiazole rings is 1. The molecule has 0 bridgehead atoms. The van der Waals surface area contributed by atoms with E-state index in [9.17, 15) is 14.0 Å². The number of halogens is 1. The lowest BCUT2D eigenvalue weighted by Gasteiger charge is -2.04. The van der Waals surface area contributed by atoms with E-state index in [4.69, 9.17) is 5.73 Å². The molecule has 6 nitrogen and oxygen atoms in total. The Morgan fingerprint density at radius 2 is 1.89 bits per heavy atom. The van der Waals surface area contributed by atoms with E-state index in [1.807, 2.05) is 12.1 Å². The fourth-order valence-corrected chi connectivity index (χ4v) is 3.35. The maximum Gasteiger partial charge on any atom is 0.270 e. The summed E-state index contributed by atoms with van der Waals surface area (Å²) in [5.74, 6) is -1.43. The number of rotatable bonds is 5. The van der Waals surface area contributed by atoms with Crippen LogP contribution in [0.3, 0.4) is 0 Å². The Balaban J connectivity index is 1.89. The molecular weight excluding hydrogens is 367 g/mol. The molecule has 3 rings (SSSR count). The third kappa shape index (κ3) is 4.48. The van der Waals surface area contributed by atoms with Crippen LogP contribution in [-0.2, 0) is 4.79 Å². The minimum absolute atomic E-state index is 0.0233. The van der Waals surface area contributed by atoms with Crippen molar-refractivity contribution in [2.24, 2.45) is 5.73 Å². The number of anilines is 3. The highest BCUT2D eigenvalue weighted by Crippen LogP contribution is 2.31. The van der Waals surface area contributed by atoms with Crippen LogP contribution in [0.4, 0.5) is 20.2 Å². The molecule has 27 heavy (non-hydrogen) atoms. The maximum atomic E-state index is 13.4. The molecule has 1 heterocycles. The maximum absolute atomic E-state index is 13.4. The van der Waals surface area contributed by atoms with Gasteiger partial charge in [-0.1, -0.05) is 29.0 Å². The summed E-state index contributed by atoms with van der Waals surface area (Å²) in [6.45, 7) is 3.58. The Kier molecular flexibility index (Phi) is 5.18. The zero-order chi connectivity index (χ0) is 19.6. The van der Waals surface area contributed by atoms with Crippen molar-refractivity contribution in [3.63, 3.8) is 0 Å².